The van der Waals surface area contributed by atoms with Gasteiger partial charge in [-0.3, -0.25) is 9.69 Å². The highest BCUT2D eigenvalue weighted by Crippen LogP contribution is 2.19. The summed E-state index contributed by atoms with van der Waals surface area (Å²) >= 11 is 0. The molecule has 0 spiro atoms. The second-order valence-corrected chi connectivity index (χ2v) is 5.55. The largest absolute Gasteiger partial charge is 0.494 e. The molecule has 1 aliphatic rings. The van der Waals surface area contributed by atoms with E-state index in [0.29, 0.717) is 13.2 Å². The lowest BCUT2D eigenvalue weighted by molar-refractivity contribution is 0.0859. The van der Waals surface area contributed by atoms with E-state index >= 15 is 0 Å². The molecule has 4 nitrogen and oxygen atoms in total. The van der Waals surface area contributed by atoms with E-state index in [1.165, 1.54) is 0 Å². The van der Waals surface area contributed by atoms with Gasteiger partial charge in [0.1, 0.15) is 5.75 Å². The molecule has 1 saturated heterocycles. The number of benzene rings is 1. The third kappa shape index (κ3) is 4.29. The lowest BCUT2D eigenvalue weighted by Crippen LogP contribution is -2.47. The smallest absolute Gasteiger partial charge is 0.176 e. The number of piperazine rings is 1. The van der Waals surface area contributed by atoms with Crippen LogP contribution in [0.2, 0.25) is 0 Å². The molecular weight excluding hydrogens is 264 g/mol. The molecule has 2 rings (SSSR count). The fraction of sp³-hybridized carbons (Fsp3) is 0.588. The van der Waals surface area contributed by atoms with Gasteiger partial charge in [-0.15, -0.1) is 0 Å². The van der Waals surface area contributed by atoms with Gasteiger partial charge < -0.3 is 9.64 Å². The number of hydrogen-bond donors (Lipinski definition) is 0. The van der Waals surface area contributed by atoms with E-state index in [4.69, 9.17) is 4.74 Å². The number of Topliss-reactive ketones (excluding diaryl/α,β-unsaturated/α-hetero) is 1. The zero-order chi connectivity index (χ0) is 15.2. The minimum absolute atomic E-state index is 0.200. The van der Waals surface area contributed by atoms with Crippen molar-refractivity contribution < 1.29 is 9.53 Å². The molecule has 1 heterocycles. The minimum atomic E-state index is 0.200. The van der Waals surface area contributed by atoms with Crippen molar-refractivity contribution in [2.75, 3.05) is 45.9 Å². The van der Waals surface area contributed by atoms with Crippen LogP contribution in [0.4, 0.5) is 0 Å². The Balaban J connectivity index is 1.93. The molecule has 0 radical (unpaired) electrons. The molecule has 4 heteroatoms. The van der Waals surface area contributed by atoms with Crippen LogP contribution >= 0.6 is 0 Å². The van der Waals surface area contributed by atoms with E-state index in [1.54, 1.807) is 0 Å². The topological polar surface area (TPSA) is 32.8 Å². The Kier molecular flexibility index (Phi) is 5.76. The van der Waals surface area contributed by atoms with E-state index in [1.807, 2.05) is 32.0 Å². The molecule has 1 aromatic rings. The highest BCUT2D eigenvalue weighted by molar-refractivity contribution is 5.98. The number of hydrogen-bond acceptors (Lipinski definition) is 4. The molecule has 0 atom stereocenters. The number of ether oxygens (including phenoxy) is 1. The maximum atomic E-state index is 12.4. The number of likely N-dealkylation sites (N-methyl/N-ethyl adjacent to an activating group) is 1. The monoisotopic (exact) mass is 290 g/mol. The molecule has 1 fully saturated rings. The van der Waals surface area contributed by atoms with Crippen molar-refractivity contribution in [3.05, 3.63) is 29.3 Å². The first kappa shape index (κ1) is 16.0. The first-order valence-corrected chi connectivity index (χ1v) is 7.85. The first-order chi connectivity index (χ1) is 10.1. The maximum Gasteiger partial charge on any atom is 0.176 e. The van der Waals surface area contributed by atoms with E-state index < -0.39 is 0 Å². The van der Waals surface area contributed by atoms with Gasteiger partial charge in [-0.2, -0.15) is 0 Å². The summed E-state index contributed by atoms with van der Waals surface area (Å²) in [5.74, 6) is 1.07. The van der Waals surface area contributed by atoms with Crippen LogP contribution in [0.1, 0.15) is 29.8 Å². The molecular formula is C17H26N2O2. The molecule has 0 saturated carbocycles. The summed E-state index contributed by atoms with van der Waals surface area (Å²) in [6, 6.07) is 5.72. The van der Waals surface area contributed by atoms with Crippen molar-refractivity contribution >= 4 is 5.78 Å². The Morgan fingerprint density at radius 1 is 1.14 bits per heavy atom. The van der Waals surface area contributed by atoms with Crippen LogP contribution in [0.3, 0.4) is 0 Å². The molecule has 21 heavy (non-hydrogen) atoms. The van der Waals surface area contributed by atoms with Crippen molar-refractivity contribution in [3.8, 4) is 5.75 Å². The maximum absolute atomic E-state index is 12.4. The summed E-state index contributed by atoms with van der Waals surface area (Å²) in [7, 11) is 0. The molecule has 0 unspecified atom stereocenters. The van der Waals surface area contributed by atoms with Crippen LogP contribution in [0.15, 0.2) is 18.2 Å². The zero-order valence-electron chi connectivity index (χ0n) is 13.4. The lowest BCUT2D eigenvalue weighted by atomic mass is 10.1. The number of carbonyl (C=O) groups is 1. The number of aryl methyl sites for hydroxylation is 1. The van der Waals surface area contributed by atoms with Crippen LogP contribution in [-0.2, 0) is 0 Å². The first-order valence-electron chi connectivity index (χ1n) is 7.85. The van der Waals surface area contributed by atoms with Crippen molar-refractivity contribution in [1.82, 2.24) is 9.80 Å². The van der Waals surface area contributed by atoms with Crippen LogP contribution in [0.5, 0.6) is 5.75 Å². The fourth-order valence-corrected chi connectivity index (χ4v) is 2.70. The Labute approximate surface area is 127 Å². The predicted molar refractivity (Wildman–Crippen MR) is 85.2 cm³/mol. The van der Waals surface area contributed by atoms with Crippen molar-refractivity contribution in [3.63, 3.8) is 0 Å². The number of ketones is 1. The van der Waals surface area contributed by atoms with Gasteiger partial charge in [-0.05, 0) is 44.2 Å². The summed E-state index contributed by atoms with van der Waals surface area (Å²) in [5, 5.41) is 0. The highest BCUT2D eigenvalue weighted by Gasteiger charge is 2.18. The Morgan fingerprint density at radius 2 is 1.81 bits per heavy atom. The Bertz CT molecular complexity index is 480. The second kappa shape index (κ2) is 7.57. The van der Waals surface area contributed by atoms with Crippen LogP contribution < -0.4 is 4.74 Å². The van der Waals surface area contributed by atoms with Crippen molar-refractivity contribution in [2.24, 2.45) is 0 Å². The third-order valence-electron chi connectivity index (χ3n) is 4.08. The Morgan fingerprint density at radius 3 is 2.38 bits per heavy atom. The second-order valence-electron chi connectivity index (χ2n) is 5.55. The van der Waals surface area contributed by atoms with E-state index in [0.717, 1.165) is 49.6 Å². The average molecular weight is 290 g/mol. The molecule has 116 valence electrons. The van der Waals surface area contributed by atoms with Gasteiger partial charge in [-0.25, -0.2) is 0 Å². The molecule has 1 aliphatic heterocycles. The standard InChI is InChI=1S/C17H26N2O2/c1-4-18-8-10-19(11-9-18)13-16(20)15-6-7-17(21-5-2)14(3)12-15/h6-7,12H,4-5,8-11,13H2,1-3H3. The zero-order valence-corrected chi connectivity index (χ0v) is 13.4. The molecule has 0 aromatic heterocycles. The predicted octanol–water partition coefficient (Wildman–Crippen LogP) is 2.21. The summed E-state index contributed by atoms with van der Waals surface area (Å²) < 4.78 is 5.52. The van der Waals surface area contributed by atoms with Crippen molar-refractivity contribution in [2.45, 2.75) is 20.8 Å². The van der Waals surface area contributed by atoms with Gasteiger partial charge in [0.15, 0.2) is 5.78 Å². The van der Waals surface area contributed by atoms with Crippen molar-refractivity contribution in [1.29, 1.82) is 0 Å². The van der Waals surface area contributed by atoms with Gasteiger partial charge in [0.25, 0.3) is 0 Å². The van der Waals surface area contributed by atoms with E-state index in [9.17, 15) is 4.79 Å². The van der Waals surface area contributed by atoms with Gasteiger partial charge in [0, 0.05) is 31.7 Å². The molecule has 0 bridgehead atoms. The van der Waals surface area contributed by atoms with E-state index in [-0.39, 0.29) is 5.78 Å². The van der Waals surface area contributed by atoms with Gasteiger partial charge in [0.05, 0.1) is 13.2 Å². The summed E-state index contributed by atoms with van der Waals surface area (Å²) in [6.45, 7) is 12.5. The number of carbonyl (C=O) groups excluding carboxylic acids is 1. The third-order valence-corrected chi connectivity index (χ3v) is 4.08. The normalized spacial score (nSPS) is 16.9. The van der Waals surface area contributed by atoms with Crippen LogP contribution in [0, 0.1) is 6.92 Å². The SMILES string of the molecule is CCOc1ccc(C(=O)CN2CCN(CC)CC2)cc1C. The minimum Gasteiger partial charge on any atom is -0.494 e. The molecule has 0 N–H and O–H groups in total. The summed E-state index contributed by atoms with van der Waals surface area (Å²) in [4.78, 5) is 17.1. The summed E-state index contributed by atoms with van der Waals surface area (Å²) in [6.07, 6.45) is 0. The molecule has 0 aliphatic carbocycles. The van der Waals surface area contributed by atoms with Gasteiger partial charge in [-0.1, -0.05) is 6.92 Å². The van der Waals surface area contributed by atoms with Gasteiger partial charge >= 0.3 is 0 Å². The van der Waals surface area contributed by atoms with Gasteiger partial charge in [0.2, 0.25) is 0 Å². The quantitative estimate of drug-likeness (QED) is 0.752. The number of nitrogens with zero attached hydrogens (tertiary/aromatic N) is 2. The Hall–Kier alpha value is -1.39. The molecule has 1 aromatic carbocycles. The van der Waals surface area contributed by atoms with Crippen LogP contribution in [0.25, 0.3) is 0 Å². The average Bonchev–Trinajstić information content (AvgIpc) is 2.50. The summed E-state index contributed by atoms with van der Waals surface area (Å²) in [5.41, 5.74) is 1.81. The highest BCUT2D eigenvalue weighted by atomic mass is 16.5. The lowest BCUT2D eigenvalue weighted by Gasteiger charge is -2.33. The fourth-order valence-electron chi connectivity index (χ4n) is 2.70. The molecule has 0 amide bonds. The van der Waals surface area contributed by atoms with Crippen LogP contribution in [-0.4, -0.2) is 61.5 Å². The van der Waals surface area contributed by atoms with E-state index in [2.05, 4.69) is 16.7 Å². The number of rotatable bonds is 6.